The van der Waals surface area contributed by atoms with Gasteiger partial charge in [0.2, 0.25) is 11.8 Å². The summed E-state index contributed by atoms with van der Waals surface area (Å²) in [6.07, 6.45) is 8.63. The zero-order valence-electron chi connectivity index (χ0n) is 30.7. The number of allylic oxidation sites excluding steroid dienone is 5. The number of benzene rings is 3. The van der Waals surface area contributed by atoms with Crippen LogP contribution in [0.2, 0.25) is 13.1 Å². The lowest BCUT2D eigenvalue weighted by atomic mass is 9.86. The Kier molecular flexibility index (Phi) is 9.16. The fourth-order valence-electron chi connectivity index (χ4n) is 7.06. The second-order valence-corrected chi connectivity index (χ2v) is 18.6. The average molecular weight is 724 g/mol. The molecular formula is C41H41N7O4Si. The number of anilines is 2. The van der Waals surface area contributed by atoms with E-state index in [1.807, 2.05) is 52.5 Å². The van der Waals surface area contributed by atoms with Crippen molar-refractivity contribution in [2.24, 2.45) is 0 Å². The van der Waals surface area contributed by atoms with Gasteiger partial charge >= 0.3 is 0 Å². The molecule has 1 aliphatic carbocycles. The number of hydrogen-bond donors (Lipinski definition) is 2. The van der Waals surface area contributed by atoms with Crippen molar-refractivity contribution in [3.05, 3.63) is 129 Å². The fourth-order valence-corrected chi connectivity index (χ4v) is 10.1. The number of fused-ring (bicyclic) bond motifs is 3. The summed E-state index contributed by atoms with van der Waals surface area (Å²) >= 11 is 0. The molecule has 3 aromatic carbocycles. The van der Waals surface area contributed by atoms with Crippen LogP contribution in [0, 0.1) is 0 Å². The van der Waals surface area contributed by atoms with Crippen LogP contribution in [-0.4, -0.2) is 78.2 Å². The topological polar surface area (TPSA) is 153 Å². The first-order valence-electron chi connectivity index (χ1n) is 17.4. The lowest BCUT2D eigenvalue weighted by Gasteiger charge is -2.38. The quantitative estimate of drug-likeness (QED) is 0.122. The van der Waals surface area contributed by atoms with Crippen molar-refractivity contribution < 1.29 is 24.0 Å². The predicted molar refractivity (Wildman–Crippen MR) is 209 cm³/mol. The van der Waals surface area contributed by atoms with Crippen molar-refractivity contribution in [2.75, 3.05) is 38.8 Å². The number of nitrogens with two attached hydrogens (primary N) is 1. The molecule has 5 aromatic rings. The molecule has 7 rings (SSSR count). The van der Waals surface area contributed by atoms with Gasteiger partial charge in [-0.25, -0.2) is 9.56 Å². The maximum Gasteiger partial charge on any atom is 0.245 e. The van der Waals surface area contributed by atoms with E-state index in [0.29, 0.717) is 34.6 Å². The lowest BCUT2D eigenvalue weighted by Crippen LogP contribution is -2.50. The normalized spacial score (nSPS) is 14.5. The van der Waals surface area contributed by atoms with E-state index < -0.39 is 14.0 Å². The van der Waals surface area contributed by atoms with E-state index in [4.69, 9.17) is 10.5 Å². The Morgan fingerprint density at radius 1 is 0.962 bits per heavy atom. The largest absolute Gasteiger partial charge is 0.545 e. The molecule has 0 saturated carbocycles. The Morgan fingerprint density at radius 2 is 1.70 bits per heavy atom. The third kappa shape index (κ3) is 6.69. The molecule has 0 atom stereocenters. The van der Waals surface area contributed by atoms with E-state index >= 15 is 0 Å². The molecule has 3 N–H and O–H groups in total. The van der Waals surface area contributed by atoms with Crippen molar-refractivity contribution in [2.45, 2.75) is 32.5 Å². The molecule has 2 aromatic heterocycles. The van der Waals surface area contributed by atoms with Crippen LogP contribution in [0.1, 0.15) is 49.4 Å². The molecule has 268 valence electrons. The van der Waals surface area contributed by atoms with E-state index in [0.717, 1.165) is 39.2 Å². The van der Waals surface area contributed by atoms with Crippen LogP contribution in [0.5, 0.6) is 5.88 Å². The summed E-state index contributed by atoms with van der Waals surface area (Å²) in [6, 6.07) is 19.2. The van der Waals surface area contributed by atoms with Crippen molar-refractivity contribution in [3.8, 4) is 5.88 Å². The van der Waals surface area contributed by atoms with E-state index in [2.05, 4.69) is 78.9 Å². The number of nitrogen functional groups attached to an aromatic ring is 1. The minimum atomic E-state index is -2.22. The molecule has 12 heteroatoms. The highest BCUT2D eigenvalue weighted by molar-refractivity contribution is 6.98. The molecule has 1 aliphatic heterocycles. The molecule has 53 heavy (non-hydrogen) atoms. The van der Waals surface area contributed by atoms with Gasteiger partial charge in [-0.05, 0) is 74.5 Å². The lowest BCUT2D eigenvalue weighted by molar-refractivity contribution is -0.462. The van der Waals surface area contributed by atoms with E-state index in [-0.39, 0.29) is 30.3 Å². The van der Waals surface area contributed by atoms with Crippen molar-refractivity contribution >= 4 is 59.1 Å². The van der Waals surface area contributed by atoms with Gasteiger partial charge in [0.15, 0.2) is 17.1 Å². The maximum atomic E-state index is 13.5. The number of ketones is 1. The summed E-state index contributed by atoms with van der Waals surface area (Å²) in [6.45, 7) is 4.94. The summed E-state index contributed by atoms with van der Waals surface area (Å²) in [5, 5.41) is 15.3. The van der Waals surface area contributed by atoms with Gasteiger partial charge < -0.3 is 30.3 Å². The maximum absolute atomic E-state index is 13.5. The molecule has 0 radical (unpaired) electrons. The summed E-state index contributed by atoms with van der Waals surface area (Å²) < 4.78 is 7.98. The number of carboxylic acid groups (broad SMARTS) is 1. The van der Waals surface area contributed by atoms with Crippen LogP contribution in [0.4, 0.5) is 11.6 Å². The molecular weight excluding hydrogens is 683 g/mol. The minimum Gasteiger partial charge on any atom is -0.545 e. The molecule has 3 heterocycles. The van der Waals surface area contributed by atoms with Gasteiger partial charge in [-0.3, -0.25) is 4.79 Å². The predicted octanol–water partition coefficient (Wildman–Crippen LogP) is 4.24. The second kappa shape index (κ2) is 13.8. The van der Waals surface area contributed by atoms with E-state index in [9.17, 15) is 14.7 Å². The number of carbonyl (C=O) groups is 2. The number of carboxylic acids is 1. The van der Waals surface area contributed by atoms with Gasteiger partial charge in [-0.1, -0.05) is 55.6 Å². The molecule has 2 aliphatic rings. The van der Waals surface area contributed by atoms with Gasteiger partial charge in [-0.2, -0.15) is 9.97 Å². The molecule has 0 saturated heterocycles. The SMILES string of the molecule is CN(C)c1ccc2c(c1)[Si](C)(C)C1=CC(=[N+](C)C)C=CC1=C2c1ccc(C(=O)CCc2ccc(COc3nc(N)nc4nc[nH]c34)cc2)cc1C(=O)[O-]. The van der Waals surface area contributed by atoms with Crippen molar-refractivity contribution in [1.82, 2.24) is 19.9 Å². The number of H-pyrrole nitrogens is 1. The van der Waals surface area contributed by atoms with Crippen molar-refractivity contribution in [3.63, 3.8) is 0 Å². The number of aromatic nitrogens is 4. The van der Waals surface area contributed by atoms with Crippen LogP contribution >= 0.6 is 0 Å². The molecule has 0 bridgehead atoms. The number of aryl methyl sites for hydroxylation is 1. The summed E-state index contributed by atoms with van der Waals surface area (Å²) in [4.78, 5) is 43.8. The number of imidazole rings is 1. The van der Waals surface area contributed by atoms with Crippen LogP contribution < -0.4 is 25.7 Å². The first kappa shape index (κ1) is 35.3. The highest BCUT2D eigenvalue weighted by atomic mass is 28.3. The monoisotopic (exact) mass is 723 g/mol. The second-order valence-electron chi connectivity index (χ2n) is 14.3. The molecule has 11 nitrogen and oxygen atoms in total. The number of ether oxygens (including phenoxy) is 1. The van der Waals surface area contributed by atoms with Gasteiger partial charge in [0.1, 0.15) is 34.3 Å². The highest BCUT2D eigenvalue weighted by Gasteiger charge is 2.41. The number of rotatable bonds is 10. The summed E-state index contributed by atoms with van der Waals surface area (Å²) in [7, 11) is 5.87. The highest BCUT2D eigenvalue weighted by Crippen LogP contribution is 2.43. The number of aromatic amines is 1. The Labute approximate surface area is 308 Å². The van der Waals surface area contributed by atoms with Gasteiger partial charge in [0.25, 0.3) is 0 Å². The zero-order chi connectivity index (χ0) is 37.6. The first-order chi connectivity index (χ1) is 25.3. The number of nitrogens with zero attached hydrogens (tertiary/aromatic N) is 5. The zero-order valence-corrected chi connectivity index (χ0v) is 31.7. The Balaban J connectivity index is 1.14. The molecule has 0 spiro atoms. The number of hydrogen-bond acceptors (Lipinski definition) is 9. The Bertz CT molecular complexity index is 2430. The van der Waals surface area contributed by atoms with Crippen LogP contribution in [-0.2, 0) is 13.0 Å². The van der Waals surface area contributed by atoms with E-state index in [1.165, 1.54) is 22.8 Å². The van der Waals surface area contributed by atoms with Gasteiger partial charge in [-0.15, -0.1) is 0 Å². The Morgan fingerprint density at radius 3 is 2.42 bits per heavy atom. The number of aromatic carboxylic acids is 1. The summed E-state index contributed by atoms with van der Waals surface area (Å²) in [5.41, 5.74) is 14.6. The van der Waals surface area contributed by atoms with Gasteiger partial charge in [0.05, 0.1) is 12.3 Å². The smallest absolute Gasteiger partial charge is 0.245 e. The van der Waals surface area contributed by atoms with Crippen molar-refractivity contribution in [1.29, 1.82) is 0 Å². The number of carbonyl (C=O) groups excluding carboxylic acids is 2. The third-order valence-corrected chi connectivity index (χ3v) is 13.6. The standard InChI is InChI=1S/C41H41N7O4Si/c1-47(2)27-13-16-30-34(20-27)53(5,6)35-21-28(48(3)4)14-17-31(35)36(30)29-15-12-26(19-32(29)40(50)51)33(49)18-11-24-7-9-25(10-8-24)22-52-39-37-38(44-23-43-37)45-41(42)46-39/h7-10,12-17,19-21,23,42H,11,18,22H2,1-6H3,(H2,49,50,51). The third-order valence-electron chi connectivity index (χ3n) is 10.1. The first-order valence-corrected chi connectivity index (χ1v) is 20.4. The van der Waals surface area contributed by atoms with Crippen LogP contribution in [0.3, 0.4) is 0 Å². The summed E-state index contributed by atoms with van der Waals surface area (Å²) in [5.74, 6) is -1.07. The molecule has 0 amide bonds. The number of nitrogens with one attached hydrogen (secondary N) is 1. The van der Waals surface area contributed by atoms with Crippen LogP contribution in [0.25, 0.3) is 16.7 Å². The molecule has 0 fully saturated rings. The fraction of sp³-hybridized carbons (Fsp3) is 0.220. The van der Waals surface area contributed by atoms with Gasteiger partial charge in [0, 0.05) is 49.5 Å². The van der Waals surface area contributed by atoms with Crippen LogP contribution in [0.15, 0.2) is 96.0 Å². The average Bonchev–Trinajstić information content (AvgIpc) is 3.62. The Hall–Kier alpha value is -6.14. The number of Topliss-reactive ketones (excluding diaryl/α,β-unsaturated/α-hetero) is 1. The minimum absolute atomic E-state index is 0.000281. The van der Waals surface area contributed by atoms with E-state index in [1.54, 1.807) is 12.1 Å². The molecule has 0 unspecified atom stereocenters.